The normalized spacial score (nSPS) is 23.8. The molecule has 0 spiro atoms. The van der Waals surface area contributed by atoms with Crippen LogP contribution in [0, 0.1) is 5.41 Å². The highest BCUT2D eigenvalue weighted by Crippen LogP contribution is 2.24. The van der Waals surface area contributed by atoms with Crippen molar-refractivity contribution in [1.82, 2.24) is 10.6 Å². The van der Waals surface area contributed by atoms with Gasteiger partial charge in [0.05, 0.1) is 6.26 Å². The molecular weight excluding hydrogens is 240 g/mol. The first-order chi connectivity index (χ1) is 7.70. The minimum atomic E-state index is -0.128. The zero-order valence-electron chi connectivity index (χ0n) is 9.99. The van der Waals surface area contributed by atoms with E-state index in [1.165, 1.54) is 12.7 Å². The van der Waals surface area contributed by atoms with Crippen LogP contribution in [0.5, 0.6) is 0 Å². The van der Waals surface area contributed by atoms with E-state index in [0.717, 1.165) is 19.5 Å². The van der Waals surface area contributed by atoms with Crippen LogP contribution in [0.15, 0.2) is 22.8 Å². The summed E-state index contributed by atoms with van der Waals surface area (Å²) in [6, 6.07) is 3.40. The summed E-state index contributed by atoms with van der Waals surface area (Å²) in [6.07, 6.45) is 3.84. The van der Waals surface area contributed by atoms with E-state index in [1.807, 2.05) is 0 Å². The van der Waals surface area contributed by atoms with Gasteiger partial charge in [-0.05, 0) is 36.9 Å². The predicted molar refractivity (Wildman–Crippen MR) is 68.5 cm³/mol. The number of carbonyl (C=O) groups is 1. The molecule has 17 heavy (non-hydrogen) atoms. The zero-order chi connectivity index (χ0) is 11.4. The summed E-state index contributed by atoms with van der Waals surface area (Å²) in [4.78, 5) is 11.7. The third-order valence-electron chi connectivity index (χ3n) is 3.11. The first-order valence-corrected chi connectivity index (χ1v) is 5.72. The van der Waals surface area contributed by atoms with E-state index in [9.17, 15) is 4.79 Å². The van der Waals surface area contributed by atoms with E-state index in [-0.39, 0.29) is 23.7 Å². The van der Waals surface area contributed by atoms with Crippen molar-refractivity contribution in [3.63, 3.8) is 0 Å². The maximum atomic E-state index is 11.7. The second-order valence-corrected chi connectivity index (χ2v) is 4.75. The van der Waals surface area contributed by atoms with E-state index < -0.39 is 0 Å². The topological polar surface area (TPSA) is 54.3 Å². The highest BCUT2D eigenvalue weighted by Gasteiger charge is 2.27. The van der Waals surface area contributed by atoms with Gasteiger partial charge >= 0.3 is 0 Å². The van der Waals surface area contributed by atoms with Gasteiger partial charge in [-0.15, -0.1) is 12.4 Å². The standard InChI is InChI=1S/C12H18N2O2.ClH/c1-12(5-3-6-13-8-12)9-14-11(15)10-4-2-7-16-10;/h2,4,7,13H,3,5-6,8-9H2,1H3,(H,14,15);1H. The van der Waals surface area contributed by atoms with Gasteiger partial charge in [-0.2, -0.15) is 0 Å². The fraction of sp³-hybridized carbons (Fsp3) is 0.583. The van der Waals surface area contributed by atoms with Crippen LogP contribution in [0.4, 0.5) is 0 Å². The monoisotopic (exact) mass is 258 g/mol. The molecule has 1 aromatic rings. The number of amides is 1. The predicted octanol–water partition coefficient (Wildman–Crippen LogP) is 1.82. The van der Waals surface area contributed by atoms with Gasteiger partial charge in [0.2, 0.25) is 0 Å². The molecule has 0 aliphatic carbocycles. The van der Waals surface area contributed by atoms with Crippen LogP contribution in [0.3, 0.4) is 0 Å². The summed E-state index contributed by atoms with van der Waals surface area (Å²) in [6.45, 7) is 4.94. The van der Waals surface area contributed by atoms with Gasteiger partial charge < -0.3 is 15.1 Å². The zero-order valence-corrected chi connectivity index (χ0v) is 10.8. The SMILES string of the molecule is CC1(CNC(=O)c2ccco2)CCCNC1.Cl. The molecule has 1 aliphatic heterocycles. The number of hydrogen-bond acceptors (Lipinski definition) is 3. The molecule has 1 amide bonds. The van der Waals surface area contributed by atoms with Crippen molar-refractivity contribution in [1.29, 1.82) is 0 Å². The number of halogens is 1. The molecule has 2 N–H and O–H groups in total. The van der Waals surface area contributed by atoms with Crippen molar-refractivity contribution in [2.24, 2.45) is 5.41 Å². The molecule has 0 bridgehead atoms. The largest absolute Gasteiger partial charge is 0.459 e. The van der Waals surface area contributed by atoms with Crippen molar-refractivity contribution in [2.45, 2.75) is 19.8 Å². The van der Waals surface area contributed by atoms with Crippen LogP contribution in [-0.4, -0.2) is 25.5 Å². The quantitative estimate of drug-likeness (QED) is 0.870. The van der Waals surface area contributed by atoms with E-state index in [1.54, 1.807) is 12.1 Å². The van der Waals surface area contributed by atoms with E-state index in [4.69, 9.17) is 4.42 Å². The van der Waals surface area contributed by atoms with Crippen molar-refractivity contribution < 1.29 is 9.21 Å². The Morgan fingerprint density at radius 2 is 2.47 bits per heavy atom. The Kier molecular flexibility index (Phi) is 5.02. The van der Waals surface area contributed by atoms with Crippen LogP contribution < -0.4 is 10.6 Å². The van der Waals surface area contributed by atoms with Crippen LogP contribution in [0.1, 0.15) is 30.3 Å². The van der Waals surface area contributed by atoms with Crippen LogP contribution >= 0.6 is 12.4 Å². The molecule has 2 rings (SSSR count). The number of rotatable bonds is 3. The van der Waals surface area contributed by atoms with Crippen molar-refractivity contribution in [3.05, 3.63) is 24.2 Å². The van der Waals surface area contributed by atoms with E-state index in [0.29, 0.717) is 12.3 Å². The molecule has 96 valence electrons. The molecule has 5 heteroatoms. The van der Waals surface area contributed by atoms with Gasteiger partial charge in [-0.25, -0.2) is 0 Å². The first-order valence-electron chi connectivity index (χ1n) is 5.72. The van der Waals surface area contributed by atoms with Gasteiger partial charge in [-0.3, -0.25) is 4.79 Å². The smallest absolute Gasteiger partial charge is 0.286 e. The second-order valence-electron chi connectivity index (χ2n) is 4.75. The lowest BCUT2D eigenvalue weighted by molar-refractivity contribution is 0.0897. The van der Waals surface area contributed by atoms with Crippen molar-refractivity contribution in [2.75, 3.05) is 19.6 Å². The van der Waals surface area contributed by atoms with E-state index >= 15 is 0 Å². The minimum absolute atomic E-state index is 0. The Bertz CT molecular complexity index is 345. The second kappa shape index (κ2) is 6.07. The van der Waals surface area contributed by atoms with Crippen molar-refractivity contribution >= 4 is 18.3 Å². The number of nitrogens with one attached hydrogen (secondary N) is 2. The molecule has 0 saturated carbocycles. The molecule has 0 aromatic carbocycles. The Balaban J connectivity index is 0.00000144. The molecule has 2 heterocycles. The summed E-state index contributed by atoms with van der Waals surface area (Å²) < 4.78 is 5.04. The van der Waals surface area contributed by atoms with Gasteiger partial charge in [-0.1, -0.05) is 6.92 Å². The van der Waals surface area contributed by atoms with Crippen LogP contribution in [-0.2, 0) is 0 Å². The fourth-order valence-corrected chi connectivity index (χ4v) is 2.06. The molecule has 1 fully saturated rings. The summed E-state index contributed by atoms with van der Waals surface area (Å²) >= 11 is 0. The molecular formula is C12H19ClN2O2. The lowest BCUT2D eigenvalue weighted by atomic mass is 9.83. The molecule has 1 aliphatic rings. The summed E-state index contributed by atoms with van der Waals surface area (Å²) in [5.41, 5.74) is 0.167. The summed E-state index contributed by atoms with van der Waals surface area (Å²) in [5, 5.41) is 6.28. The Morgan fingerprint density at radius 3 is 3.06 bits per heavy atom. The van der Waals surface area contributed by atoms with Crippen LogP contribution in [0.2, 0.25) is 0 Å². The molecule has 1 atom stereocenters. The fourth-order valence-electron chi connectivity index (χ4n) is 2.06. The third-order valence-corrected chi connectivity index (χ3v) is 3.11. The Labute approximate surface area is 108 Å². The number of carbonyl (C=O) groups excluding carboxylic acids is 1. The summed E-state index contributed by atoms with van der Waals surface area (Å²) in [5.74, 6) is 0.254. The highest BCUT2D eigenvalue weighted by molar-refractivity contribution is 5.91. The third kappa shape index (κ3) is 3.75. The van der Waals surface area contributed by atoms with Gasteiger partial charge in [0, 0.05) is 13.1 Å². The number of furan rings is 1. The molecule has 0 radical (unpaired) electrons. The maximum absolute atomic E-state index is 11.7. The van der Waals surface area contributed by atoms with Crippen molar-refractivity contribution in [3.8, 4) is 0 Å². The molecule has 1 saturated heterocycles. The van der Waals surface area contributed by atoms with Gasteiger partial charge in [0.1, 0.15) is 0 Å². The van der Waals surface area contributed by atoms with E-state index in [2.05, 4.69) is 17.6 Å². The highest BCUT2D eigenvalue weighted by atomic mass is 35.5. The number of piperidine rings is 1. The average molecular weight is 259 g/mol. The van der Waals surface area contributed by atoms with Gasteiger partial charge in [0.25, 0.3) is 5.91 Å². The Morgan fingerprint density at radius 1 is 1.65 bits per heavy atom. The maximum Gasteiger partial charge on any atom is 0.286 e. The minimum Gasteiger partial charge on any atom is -0.459 e. The van der Waals surface area contributed by atoms with Gasteiger partial charge in [0.15, 0.2) is 5.76 Å². The lowest BCUT2D eigenvalue weighted by Gasteiger charge is -2.34. The lowest BCUT2D eigenvalue weighted by Crippen LogP contribution is -2.45. The average Bonchev–Trinajstić information content (AvgIpc) is 2.80. The van der Waals surface area contributed by atoms with Crippen LogP contribution in [0.25, 0.3) is 0 Å². The summed E-state index contributed by atoms with van der Waals surface area (Å²) in [7, 11) is 0. The first kappa shape index (κ1) is 14.1. The molecule has 1 aromatic heterocycles. The number of hydrogen-bond donors (Lipinski definition) is 2. The molecule has 1 unspecified atom stereocenters. The molecule has 4 nitrogen and oxygen atoms in total. The Hall–Kier alpha value is -1.00.